The third-order valence-corrected chi connectivity index (χ3v) is 3.55. The molecule has 2 heterocycles. The molecule has 0 saturated carbocycles. The maximum absolute atomic E-state index is 12.0. The van der Waals surface area contributed by atoms with E-state index in [0.717, 1.165) is 24.9 Å². The molecule has 2 aliphatic heterocycles. The van der Waals surface area contributed by atoms with Gasteiger partial charge in [0.2, 0.25) is 5.91 Å². The van der Waals surface area contributed by atoms with Crippen LogP contribution in [0.25, 0.3) is 0 Å². The van der Waals surface area contributed by atoms with Crippen molar-refractivity contribution in [3.05, 3.63) is 30.3 Å². The number of ether oxygens (including phenoxy) is 1. The molecule has 2 fully saturated rings. The van der Waals surface area contributed by atoms with E-state index < -0.39 is 0 Å². The number of amides is 1. The smallest absolute Gasteiger partial charge is 0.244 e. The molecule has 3 rings (SSSR count). The zero-order chi connectivity index (χ0) is 11.7. The SMILES string of the molecule is O=C(NNc1ccccc1)C1CC2CCC1O2. The van der Waals surface area contributed by atoms with Crippen molar-refractivity contribution in [2.24, 2.45) is 5.92 Å². The Bertz CT molecular complexity index is 407. The zero-order valence-electron chi connectivity index (χ0n) is 9.56. The minimum atomic E-state index is 0.0185. The van der Waals surface area contributed by atoms with Gasteiger partial charge >= 0.3 is 0 Å². The van der Waals surface area contributed by atoms with E-state index in [1.54, 1.807) is 0 Å². The summed E-state index contributed by atoms with van der Waals surface area (Å²) in [6.45, 7) is 0. The first-order chi connectivity index (χ1) is 8.33. The van der Waals surface area contributed by atoms with Gasteiger partial charge in [-0.25, -0.2) is 0 Å². The third kappa shape index (κ3) is 2.13. The summed E-state index contributed by atoms with van der Waals surface area (Å²) in [5.74, 6) is 0.0611. The van der Waals surface area contributed by atoms with Crippen LogP contribution < -0.4 is 10.9 Å². The van der Waals surface area contributed by atoms with Crippen molar-refractivity contribution in [1.29, 1.82) is 0 Å². The van der Waals surface area contributed by atoms with Crippen LogP contribution in [0, 0.1) is 5.92 Å². The molecule has 4 heteroatoms. The highest BCUT2D eigenvalue weighted by molar-refractivity contribution is 5.81. The molecule has 0 radical (unpaired) electrons. The lowest BCUT2D eigenvalue weighted by molar-refractivity contribution is -0.126. The van der Waals surface area contributed by atoms with Gasteiger partial charge in [0.05, 0.1) is 23.8 Å². The number of hydrogen-bond acceptors (Lipinski definition) is 3. The Balaban J connectivity index is 1.54. The normalized spacial score (nSPS) is 30.2. The van der Waals surface area contributed by atoms with Crippen LogP contribution in [-0.2, 0) is 9.53 Å². The van der Waals surface area contributed by atoms with Gasteiger partial charge in [0.1, 0.15) is 0 Å². The maximum atomic E-state index is 12.0. The summed E-state index contributed by atoms with van der Waals surface area (Å²) < 4.78 is 5.67. The molecule has 1 amide bonds. The number of carbonyl (C=O) groups is 1. The van der Waals surface area contributed by atoms with E-state index in [-0.39, 0.29) is 17.9 Å². The summed E-state index contributed by atoms with van der Waals surface area (Å²) in [5.41, 5.74) is 6.58. The molecular weight excluding hydrogens is 216 g/mol. The molecule has 0 spiro atoms. The topological polar surface area (TPSA) is 50.4 Å². The van der Waals surface area contributed by atoms with E-state index in [1.165, 1.54) is 0 Å². The minimum absolute atomic E-state index is 0.0185. The van der Waals surface area contributed by atoms with Crippen LogP contribution in [-0.4, -0.2) is 18.1 Å². The van der Waals surface area contributed by atoms with Gasteiger partial charge in [-0.15, -0.1) is 0 Å². The highest BCUT2D eigenvalue weighted by atomic mass is 16.5. The first kappa shape index (κ1) is 10.6. The zero-order valence-corrected chi connectivity index (χ0v) is 9.56. The van der Waals surface area contributed by atoms with Crippen molar-refractivity contribution >= 4 is 11.6 Å². The van der Waals surface area contributed by atoms with E-state index in [9.17, 15) is 4.79 Å². The van der Waals surface area contributed by atoms with Crippen molar-refractivity contribution in [2.45, 2.75) is 31.5 Å². The largest absolute Gasteiger partial charge is 0.374 e. The minimum Gasteiger partial charge on any atom is -0.374 e. The van der Waals surface area contributed by atoms with Gasteiger partial charge in [-0.05, 0) is 31.4 Å². The van der Waals surface area contributed by atoms with E-state index in [1.807, 2.05) is 30.3 Å². The Morgan fingerprint density at radius 2 is 2.06 bits per heavy atom. The molecule has 2 N–H and O–H groups in total. The second kappa shape index (κ2) is 4.37. The number of anilines is 1. The summed E-state index contributed by atoms with van der Waals surface area (Å²) in [4.78, 5) is 12.0. The second-order valence-electron chi connectivity index (χ2n) is 4.70. The van der Waals surface area contributed by atoms with Crippen LogP contribution in [0.1, 0.15) is 19.3 Å². The summed E-state index contributed by atoms with van der Waals surface area (Å²) in [7, 11) is 0. The lowest BCUT2D eigenvalue weighted by Crippen LogP contribution is -2.39. The fraction of sp³-hybridized carbons (Fsp3) is 0.462. The fourth-order valence-electron chi connectivity index (χ4n) is 2.66. The molecular formula is C13H16N2O2. The first-order valence-electron chi connectivity index (χ1n) is 6.09. The molecule has 1 aromatic rings. The van der Waals surface area contributed by atoms with Crippen molar-refractivity contribution in [3.8, 4) is 0 Å². The molecule has 2 bridgehead atoms. The lowest BCUT2D eigenvalue weighted by Gasteiger charge is -2.18. The Morgan fingerprint density at radius 1 is 1.24 bits per heavy atom. The van der Waals surface area contributed by atoms with Crippen molar-refractivity contribution in [3.63, 3.8) is 0 Å². The van der Waals surface area contributed by atoms with Crippen LogP contribution in [0.4, 0.5) is 5.69 Å². The monoisotopic (exact) mass is 232 g/mol. The molecule has 4 nitrogen and oxygen atoms in total. The van der Waals surface area contributed by atoms with Gasteiger partial charge in [-0.2, -0.15) is 0 Å². The highest BCUT2D eigenvalue weighted by Gasteiger charge is 2.44. The average Bonchev–Trinajstić information content (AvgIpc) is 2.99. The van der Waals surface area contributed by atoms with Gasteiger partial charge in [-0.3, -0.25) is 15.6 Å². The predicted molar refractivity (Wildman–Crippen MR) is 64.2 cm³/mol. The van der Waals surface area contributed by atoms with Gasteiger partial charge in [-0.1, -0.05) is 18.2 Å². The Morgan fingerprint density at radius 3 is 2.71 bits per heavy atom. The Hall–Kier alpha value is -1.55. The lowest BCUT2D eigenvalue weighted by atomic mass is 9.89. The summed E-state index contributed by atoms with van der Waals surface area (Å²) in [6, 6.07) is 9.62. The Labute approximate surface area is 100 Å². The number of nitrogens with one attached hydrogen (secondary N) is 2. The van der Waals surface area contributed by atoms with E-state index in [2.05, 4.69) is 10.9 Å². The fourth-order valence-corrected chi connectivity index (χ4v) is 2.66. The van der Waals surface area contributed by atoms with Crippen molar-refractivity contribution in [1.82, 2.24) is 5.43 Å². The van der Waals surface area contributed by atoms with Crippen LogP contribution in [0.15, 0.2) is 30.3 Å². The summed E-state index contributed by atoms with van der Waals surface area (Å²) >= 11 is 0. The number of carbonyl (C=O) groups excluding carboxylic acids is 1. The summed E-state index contributed by atoms with van der Waals surface area (Å²) in [6.07, 6.45) is 3.45. The standard InChI is InChI=1S/C13H16N2O2/c16-13(11-8-10-6-7-12(11)17-10)15-14-9-4-2-1-3-5-9/h1-5,10-12,14H,6-8H2,(H,15,16). The van der Waals surface area contributed by atoms with E-state index >= 15 is 0 Å². The van der Waals surface area contributed by atoms with Gasteiger partial charge < -0.3 is 4.74 Å². The van der Waals surface area contributed by atoms with Crippen LogP contribution in [0.3, 0.4) is 0 Å². The summed E-state index contributed by atoms with van der Waals surface area (Å²) in [5, 5.41) is 0. The van der Waals surface area contributed by atoms with Crippen LogP contribution >= 0.6 is 0 Å². The number of hydrogen-bond donors (Lipinski definition) is 2. The molecule has 3 atom stereocenters. The molecule has 17 heavy (non-hydrogen) atoms. The molecule has 2 aliphatic rings. The molecule has 3 unspecified atom stereocenters. The predicted octanol–water partition coefficient (Wildman–Crippen LogP) is 1.70. The van der Waals surface area contributed by atoms with Crippen molar-refractivity contribution in [2.75, 3.05) is 5.43 Å². The van der Waals surface area contributed by atoms with Crippen LogP contribution in [0.2, 0.25) is 0 Å². The maximum Gasteiger partial charge on any atom is 0.244 e. The number of fused-ring (bicyclic) bond motifs is 2. The second-order valence-corrected chi connectivity index (χ2v) is 4.70. The van der Waals surface area contributed by atoms with E-state index in [4.69, 9.17) is 4.74 Å². The van der Waals surface area contributed by atoms with Gasteiger partial charge in [0, 0.05) is 0 Å². The van der Waals surface area contributed by atoms with E-state index in [0.29, 0.717) is 6.10 Å². The molecule has 0 aromatic heterocycles. The average molecular weight is 232 g/mol. The highest BCUT2D eigenvalue weighted by Crippen LogP contribution is 2.38. The Kier molecular flexibility index (Phi) is 2.73. The first-order valence-corrected chi connectivity index (χ1v) is 6.09. The van der Waals surface area contributed by atoms with Crippen LogP contribution in [0.5, 0.6) is 0 Å². The molecule has 90 valence electrons. The number of benzene rings is 1. The molecule has 0 aliphatic carbocycles. The van der Waals surface area contributed by atoms with Gasteiger partial charge in [0.15, 0.2) is 0 Å². The molecule has 2 saturated heterocycles. The van der Waals surface area contributed by atoms with Crippen molar-refractivity contribution < 1.29 is 9.53 Å². The quantitative estimate of drug-likeness (QED) is 0.780. The number of rotatable bonds is 3. The van der Waals surface area contributed by atoms with Gasteiger partial charge in [0.25, 0.3) is 0 Å². The molecule has 1 aromatic carbocycles. The third-order valence-electron chi connectivity index (χ3n) is 3.55. The number of hydrazine groups is 1. The number of para-hydroxylation sites is 1.